The monoisotopic (exact) mass is 452 g/mol. The minimum Gasteiger partial charge on any atom is -0.453 e. The summed E-state index contributed by atoms with van der Waals surface area (Å²) in [7, 11) is 1.25. The number of methoxy groups -OCH3 is 1. The number of alkyl halides is 1. The maximum atomic E-state index is 14.9. The van der Waals surface area contributed by atoms with Crippen LogP contribution in [-0.2, 0) is 14.2 Å². The standard InChI is InChI=1S/C21H29FN4O6/c1-21(2,3)32-20(29)25-10-9-24(13-17(25)22)15-7-5-6-8-16(15)26-12-14(31-19(26)28)11-23-18(27)30-4/h5-8,14,17H,9-13H2,1-4H3,(H,23,27)/t14-,17?/m0/s1. The second kappa shape index (κ2) is 9.49. The molecule has 1 N–H and O–H groups in total. The molecule has 32 heavy (non-hydrogen) atoms. The Hall–Kier alpha value is -3.24. The molecule has 0 aliphatic carbocycles. The number of anilines is 2. The van der Waals surface area contributed by atoms with E-state index >= 15 is 0 Å². The highest BCUT2D eigenvalue weighted by Crippen LogP contribution is 2.34. The number of benzene rings is 1. The molecule has 1 aromatic carbocycles. The molecule has 176 valence electrons. The molecule has 11 heteroatoms. The summed E-state index contributed by atoms with van der Waals surface area (Å²) < 4.78 is 30.0. The number of piperazine rings is 1. The Morgan fingerprint density at radius 1 is 1.19 bits per heavy atom. The average Bonchev–Trinajstić information content (AvgIpc) is 3.10. The summed E-state index contributed by atoms with van der Waals surface area (Å²) in [6.07, 6.45) is -3.97. The normalized spacial score (nSPS) is 21.3. The Labute approximate surface area is 186 Å². The third-order valence-corrected chi connectivity index (χ3v) is 4.99. The highest BCUT2D eigenvalue weighted by molar-refractivity contribution is 5.94. The lowest BCUT2D eigenvalue weighted by Gasteiger charge is -2.40. The maximum absolute atomic E-state index is 14.9. The van der Waals surface area contributed by atoms with E-state index in [0.29, 0.717) is 17.9 Å². The van der Waals surface area contributed by atoms with Gasteiger partial charge in [0.2, 0.25) is 0 Å². The first-order valence-corrected chi connectivity index (χ1v) is 10.4. The summed E-state index contributed by atoms with van der Waals surface area (Å²) in [5.74, 6) is 0. The SMILES string of the molecule is COC(=O)NC[C@H]1CN(c2ccccc2N2CCN(C(=O)OC(C)(C)C)C(F)C2)C(=O)O1. The van der Waals surface area contributed by atoms with Gasteiger partial charge in [-0.25, -0.2) is 18.8 Å². The molecular weight excluding hydrogens is 423 g/mol. The van der Waals surface area contributed by atoms with Gasteiger partial charge in [0, 0.05) is 13.1 Å². The van der Waals surface area contributed by atoms with E-state index in [2.05, 4.69) is 10.1 Å². The van der Waals surface area contributed by atoms with Crippen molar-refractivity contribution in [3.8, 4) is 0 Å². The van der Waals surface area contributed by atoms with E-state index < -0.39 is 36.3 Å². The Balaban J connectivity index is 1.69. The predicted octanol–water partition coefficient (Wildman–Crippen LogP) is 2.72. The van der Waals surface area contributed by atoms with Crippen LogP contribution in [0.4, 0.5) is 30.1 Å². The van der Waals surface area contributed by atoms with Gasteiger partial charge in [-0.3, -0.25) is 9.80 Å². The average molecular weight is 452 g/mol. The smallest absolute Gasteiger partial charge is 0.414 e. The van der Waals surface area contributed by atoms with Crippen LogP contribution in [0, 0.1) is 0 Å². The Bertz CT molecular complexity index is 861. The van der Waals surface area contributed by atoms with Gasteiger partial charge in [0.15, 0.2) is 6.30 Å². The van der Waals surface area contributed by atoms with Gasteiger partial charge < -0.3 is 24.4 Å². The number of carbonyl (C=O) groups is 3. The first-order valence-electron chi connectivity index (χ1n) is 10.4. The van der Waals surface area contributed by atoms with E-state index in [1.807, 2.05) is 0 Å². The van der Waals surface area contributed by atoms with Gasteiger partial charge in [0.1, 0.15) is 11.7 Å². The lowest BCUT2D eigenvalue weighted by atomic mass is 10.2. The fraction of sp³-hybridized carbons (Fsp3) is 0.571. The zero-order valence-corrected chi connectivity index (χ0v) is 18.7. The molecule has 2 aliphatic heterocycles. The number of para-hydroxylation sites is 2. The minimum atomic E-state index is -1.56. The molecule has 3 amide bonds. The molecule has 10 nitrogen and oxygen atoms in total. The van der Waals surface area contributed by atoms with Crippen molar-refractivity contribution in [2.45, 2.75) is 38.8 Å². The molecular formula is C21H29FN4O6. The van der Waals surface area contributed by atoms with Crippen LogP contribution in [0.2, 0.25) is 0 Å². The summed E-state index contributed by atoms with van der Waals surface area (Å²) in [6.45, 7) is 5.96. The van der Waals surface area contributed by atoms with Crippen LogP contribution in [0.15, 0.2) is 24.3 Å². The fourth-order valence-electron chi connectivity index (χ4n) is 3.54. The number of amides is 3. The highest BCUT2D eigenvalue weighted by atomic mass is 19.1. The summed E-state index contributed by atoms with van der Waals surface area (Å²) in [5.41, 5.74) is 0.504. The van der Waals surface area contributed by atoms with Gasteiger partial charge in [-0.1, -0.05) is 12.1 Å². The van der Waals surface area contributed by atoms with E-state index in [9.17, 15) is 18.8 Å². The topological polar surface area (TPSA) is 101 Å². The number of cyclic esters (lactones) is 1. The molecule has 0 aromatic heterocycles. The first-order chi connectivity index (χ1) is 15.1. The lowest BCUT2D eigenvalue weighted by Crippen LogP contribution is -2.54. The third kappa shape index (κ3) is 5.51. The number of hydrogen-bond acceptors (Lipinski definition) is 7. The molecule has 0 spiro atoms. The van der Waals surface area contributed by atoms with Gasteiger partial charge in [0.25, 0.3) is 0 Å². The number of rotatable bonds is 4. The van der Waals surface area contributed by atoms with Gasteiger partial charge in [-0.2, -0.15) is 0 Å². The van der Waals surface area contributed by atoms with Crippen LogP contribution in [0.5, 0.6) is 0 Å². The van der Waals surface area contributed by atoms with Crippen molar-refractivity contribution in [1.29, 1.82) is 0 Å². The number of hydrogen-bond donors (Lipinski definition) is 1. The van der Waals surface area contributed by atoms with Gasteiger partial charge in [-0.15, -0.1) is 0 Å². The van der Waals surface area contributed by atoms with Crippen molar-refractivity contribution >= 4 is 29.7 Å². The van der Waals surface area contributed by atoms with Crippen molar-refractivity contribution in [3.63, 3.8) is 0 Å². The van der Waals surface area contributed by atoms with Crippen molar-refractivity contribution in [1.82, 2.24) is 10.2 Å². The number of carbonyl (C=O) groups excluding carboxylic acids is 3. The summed E-state index contributed by atoms with van der Waals surface area (Å²) in [5, 5.41) is 2.51. The molecule has 1 aromatic rings. The predicted molar refractivity (Wildman–Crippen MR) is 115 cm³/mol. The minimum absolute atomic E-state index is 0.0630. The van der Waals surface area contributed by atoms with E-state index in [4.69, 9.17) is 9.47 Å². The van der Waals surface area contributed by atoms with Gasteiger partial charge in [0.05, 0.1) is 38.1 Å². The van der Waals surface area contributed by atoms with Gasteiger partial charge in [-0.05, 0) is 32.9 Å². The van der Waals surface area contributed by atoms with Crippen molar-refractivity contribution in [2.24, 2.45) is 0 Å². The Morgan fingerprint density at radius 3 is 2.50 bits per heavy atom. The van der Waals surface area contributed by atoms with E-state index in [1.165, 1.54) is 12.0 Å². The molecule has 2 atom stereocenters. The summed E-state index contributed by atoms with van der Waals surface area (Å²) in [4.78, 5) is 40.3. The summed E-state index contributed by atoms with van der Waals surface area (Å²) in [6, 6.07) is 7.11. The molecule has 0 bridgehead atoms. The molecule has 2 heterocycles. The Kier molecular flexibility index (Phi) is 6.95. The van der Waals surface area contributed by atoms with E-state index in [0.717, 1.165) is 4.90 Å². The fourth-order valence-corrected chi connectivity index (χ4v) is 3.54. The number of ether oxygens (including phenoxy) is 3. The second-order valence-corrected chi connectivity index (χ2v) is 8.53. The largest absolute Gasteiger partial charge is 0.453 e. The van der Waals surface area contributed by atoms with Crippen LogP contribution >= 0.6 is 0 Å². The maximum Gasteiger partial charge on any atom is 0.414 e. The zero-order valence-electron chi connectivity index (χ0n) is 18.7. The third-order valence-electron chi connectivity index (χ3n) is 4.99. The Morgan fingerprint density at radius 2 is 1.88 bits per heavy atom. The first kappa shape index (κ1) is 23.4. The van der Waals surface area contributed by atoms with Crippen LogP contribution in [0.1, 0.15) is 20.8 Å². The molecule has 1 unspecified atom stereocenters. The quantitative estimate of drug-likeness (QED) is 0.554. The van der Waals surface area contributed by atoms with Crippen LogP contribution in [0.3, 0.4) is 0 Å². The molecule has 3 rings (SSSR count). The molecule has 2 saturated heterocycles. The van der Waals surface area contributed by atoms with Crippen molar-refractivity contribution in [3.05, 3.63) is 24.3 Å². The zero-order chi connectivity index (χ0) is 23.5. The molecule has 0 saturated carbocycles. The highest BCUT2D eigenvalue weighted by Gasteiger charge is 2.37. The summed E-state index contributed by atoms with van der Waals surface area (Å²) >= 11 is 0. The van der Waals surface area contributed by atoms with E-state index in [1.54, 1.807) is 49.9 Å². The number of nitrogens with one attached hydrogen (secondary N) is 1. The lowest BCUT2D eigenvalue weighted by molar-refractivity contribution is -0.00598. The number of halogens is 1. The number of nitrogens with zero attached hydrogens (tertiary/aromatic N) is 3. The second-order valence-electron chi connectivity index (χ2n) is 8.53. The van der Waals surface area contributed by atoms with Crippen molar-refractivity contribution in [2.75, 3.05) is 49.6 Å². The van der Waals surface area contributed by atoms with Crippen LogP contribution < -0.4 is 15.1 Å². The number of alkyl carbamates (subject to hydrolysis) is 1. The van der Waals surface area contributed by atoms with Crippen LogP contribution in [-0.4, -0.2) is 81.0 Å². The molecule has 0 radical (unpaired) electrons. The van der Waals surface area contributed by atoms with Crippen LogP contribution in [0.25, 0.3) is 0 Å². The molecule has 2 aliphatic rings. The molecule has 2 fully saturated rings. The van der Waals surface area contributed by atoms with Crippen molar-refractivity contribution < 1.29 is 33.0 Å². The van der Waals surface area contributed by atoms with E-state index in [-0.39, 0.29) is 26.2 Å². The van der Waals surface area contributed by atoms with Gasteiger partial charge >= 0.3 is 18.3 Å².